The van der Waals surface area contributed by atoms with Crippen LogP contribution in [-0.2, 0) is 0 Å². The lowest BCUT2D eigenvalue weighted by Crippen LogP contribution is -2.48. The highest BCUT2D eigenvalue weighted by Gasteiger charge is 2.38. The molecule has 0 spiro atoms. The summed E-state index contributed by atoms with van der Waals surface area (Å²) in [5.41, 5.74) is 6.28. The minimum Gasteiger partial charge on any atom is -0.324 e. The van der Waals surface area contributed by atoms with Gasteiger partial charge in [-0.2, -0.15) is 0 Å². The van der Waals surface area contributed by atoms with Crippen molar-refractivity contribution in [2.45, 2.75) is 45.1 Å². The molecule has 2 unspecified atom stereocenters. The predicted molar refractivity (Wildman–Crippen MR) is 60.1 cm³/mol. The number of rotatable bonds is 6. The molecular weight excluding hydrogens is 172 g/mol. The smallest absolute Gasteiger partial charge is 0.0280 e. The highest BCUT2D eigenvalue weighted by molar-refractivity contribution is 4.96. The Balaban J connectivity index is 1.61. The van der Waals surface area contributed by atoms with Crippen LogP contribution in [0.3, 0.4) is 0 Å². The second kappa shape index (κ2) is 3.82. The largest absolute Gasteiger partial charge is 0.324 e. The Labute approximate surface area is 87.6 Å². The summed E-state index contributed by atoms with van der Waals surface area (Å²) in [6.07, 6.45) is 5.58. The van der Waals surface area contributed by atoms with Crippen molar-refractivity contribution in [3.8, 4) is 0 Å². The van der Waals surface area contributed by atoms with Crippen molar-refractivity contribution in [3.05, 3.63) is 0 Å². The first kappa shape index (κ1) is 10.4. The third-order valence-electron chi connectivity index (χ3n) is 3.91. The van der Waals surface area contributed by atoms with Gasteiger partial charge in [0.05, 0.1) is 0 Å². The molecule has 2 atom stereocenters. The fraction of sp³-hybridized carbons (Fsp3) is 1.00. The second-order valence-electron chi connectivity index (χ2n) is 5.73. The van der Waals surface area contributed by atoms with E-state index in [0.717, 1.165) is 30.8 Å². The van der Waals surface area contributed by atoms with Gasteiger partial charge in [-0.05, 0) is 56.9 Å². The van der Waals surface area contributed by atoms with E-state index in [1.165, 1.54) is 25.7 Å². The van der Waals surface area contributed by atoms with Gasteiger partial charge in [0.2, 0.25) is 0 Å². The Morgan fingerprint density at radius 2 is 2.00 bits per heavy atom. The Kier molecular flexibility index (Phi) is 2.85. The lowest BCUT2D eigenvalue weighted by atomic mass is 9.97. The van der Waals surface area contributed by atoms with Crippen LogP contribution in [0.1, 0.15) is 39.5 Å². The van der Waals surface area contributed by atoms with Crippen molar-refractivity contribution in [2.75, 3.05) is 13.1 Å². The van der Waals surface area contributed by atoms with Gasteiger partial charge in [0, 0.05) is 12.1 Å². The molecule has 2 heteroatoms. The van der Waals surface area contributed by atoms with Gasteiger partial charge in [-0.1, -0.05) is 6.92 Å². The highest BCUT2D eigenvalue weighted by atomic mass is 14.9. The molecule has 82 valence electrons. The van der Waals surface area contributed by atoms with Crippen LogP contribution in [0.4, 0.5) is 0 Å². The molecule has 2 nitrogen and oxygen atoms in total. The summed E-state index contributed by atoms with van der Waals surface area (Å²) in [5.74, 6) is 2.64. The zero-order valence-corrected chi connectivity index (χ0v) is 9.55. The third-order valence-corrected chi connectivity index (χ3v) is 3.91. The van der Waals surface area contributed by atoms with E-state index in [2.05, 4.69) is 19.2 Å². The Morgan fingerprint density at radius 1 is 1.36 bits per heavy atom. The molecule has 0 bridgehead atoms. The summed E-state index contributed by atoms with van der Waals surface area (Å²) in [6, 6.07) is 0. The van der Waals surface area contributed by atoms with Crippen LogP contribution < -0.4 is 11.1 Å². The van der Waals surface area contributed by atoms with Gasteiger partial charge in [-0.25, -0.2) is 0 Å². The SMILES string of the molecule is CC(CNCC(C)(N)C1CC1)C1CC1. The van der Waals surface area contributed by atoms with Gasteiger partial charge in [0.1, 0.15) is 0 Å². The van der Waals surface area contributed by atoms with Gasteiger partial charge in [0.15, 0.2) is 0 Å². The van der Waals surface area contributed by atoms with Crippen LogP contribution in [0.2, 0.25) is 0 Å². The predicted octanol–water partition coefficient (Wildman–Crippen LogP) is 1.75. The monoisotopic (exact) mass is 196 g/mol. The molecule has 0 radical (unpaired) electrons. The molecule has 2 aliphatic rings. The van der Waals surface area contributed by atoms with Gasteiger partial charge in [0.25, 0.3) is 0 Å². The van der Waals surface area contributed by atoms with E-state index >= 15 is 0 Å². The fourth-order valence-electron chi connectivity index (χ4n) is 2.29. The van der Waals surface area contributed by atoms with Crippen LogP contribution in [0.15, 0.2) is 0 Å². The molecule has 2 rings (SSSR count). The van der Waals surface area contributed by atoms with Gasteiger partial charge in [-0.3, -0.25) is 0 Å². The van der Waals surface area contributed by atoms with Crippen molar-refractivity contribution in [2.24, 2.45) is 23.5 Å². The lowest BCUT2D eigenvalue weighted by Gasteiger charge is -2.25. The summed E-state index contributed by atoms with van der Waals surface area (Å²) in [5, 5.41) is 3.54. The average Bonchev–Trinajstić information content (AvgIpc) is 2.96. The summed E-state index contributed by atoms with van der Waals surface area (Å²) in [4.78, 5) is 0. The van der Waals surface area contributed by atoms with Crippen LogP contribution in [-0.4, -0.2) is 18.6 Å². The summed E-state index contributed by atoms with van der Waals surface area (Å²) in [6.45, 7) is 6.70. The van der Waals surface area contributed by atoms with Crippen molar-refractivity contribution >= 4 is 0 Å². The number of hydrogen-bond acceptors (Lipinski definition) is 2. The molecule has 14 heavy (non-hydrogen) atoms. The molecule has 2 fully saturated rings. The standard InChI is InChI=1S/C12H24N2/c1-9(10-3-4-10)7-14-8-12(2,13)11-5-6-11/h9-11,14H,3-8,13H2,1-2H3. The lowest BCUT2D eigenvalue weighted by molar-refractivity contribution is 0.357. The Bertz CT molecular complexity index is 192. The minimum atomic E-state index is 0.0449. The first-order chi connectivity index (χ1) is 6.59. The van der Waals surface area contributed by atoms with E-state index in [1.807, 2.05) is 0 Å². The van der Waals surface area contributed by atoms with Crippen molar-refractivity contribution in [1.29, 1.82) is 0 Å². The maximum Gasteiger partial charge on any atom is 0.0280 e. The number of hydrogen-bond donors (Lipinski definition) is 2. The Hall–Kier alpha value is -0.0800. The van der Waals surface area contributed by atoms with Gasteiger partial charge < -0.3 is 11.1 Å². The first-order valence-electron chi connectivity index (χ1n) is 6.09. The summed E-state index contributed by atoms with van der Waals surface area (Å²) < 4.78 is 0. The molecule has 0 amide bonds. The zero-order valence-electron chi connectivity index (χ0n) is 9.55. The normalized spacial score (nSPS) is 28.5. The maximum absolute atomic E-state index is 6.24. The van der Waals surface area contributed by atoms with E-state index < -0.39 is 0 Å². The average molecular weight is 196 g/mol. The molecule has 2 aliphatic carbocycles. The minimum absolute atomic E-state index is 0.0449. The molecule has 0 aromatic carbocycles. The molecule has 0 aromatic rings. The van der Waals surface area contributed by atoms with E-state index in [4.69, 9.17) is 5.73 Å². The quantitative estimate of drug-likeness (QED) is 0.679. The highest BCUT2D eigenvalue weighted by Crippen LogP contribution is 2.38. The van der Waals surface area contributed by atoms with Gasteiger partial charge in [-0.15, -0.1) is 0 Å². The van der Waals surface area contributed by atoms with Crippen molar-refractivity contribution < 1.29 is 0 Å². The van der Waals surface area contributed by atoms with Crippen LogP contribution >= 0.6 is 0 Å². The maximum atomic E-state index is 6.24. The zero-order chi connectivity index (χ0) is 10.2. The van der Waals surface area contributed by atoms with E-state index in [0.29, 0.717) is 0 Å². The van der Waals surface area contributed by atoms with Crippen LogP contribution in [0.5, 0.6) is 0 Å². The molecule has 0 heterocycles. The van der Waals surface area contributed by atoms with E-state index in [9.17, 15) is 0 Å². The first-order valence-corrected chi connectivity index (χ1v) is 6.09. The Morgan fingerprint density at radius 3 is 2.50 bits per heavy atom. The molecule has 0 saturated heterocycles. The summed E-state index contributed by atoms with van der Waals surface area (Å²) in [7, 11) is 0. The molecule has 3 N–H and O–H groups in total. The van der Waals surface area contributed by atoms with Crippen LogP contribution in [0, 0.1) is 17.8 Å². The molecule has 0 aliphatic heterocycles. The van der Waals surface area contributed by atoms with Crippen LogP contribution in [0.25, 0.3) is 0 Å². The van der Waals surface area contributed by atoms with Crippen molar-refractivity contribution in [3.63, 3.8) is 0 Å². The molecular formula is C12H24N2. The van der Waals surface area contributed by atoms with Gasteiger partial charge >= 0.3 is 0 Å². The number of nitrogens with two attached hydrogens (primary N) is 1. The molecule has 2 saturated carbocycles. The molecule has 0 aromatic heterocycles. The summed E-state index contributed by atoms with van der Waals surface area (Å²) >= 11 is 0. The fourth-order valence-corrected chi connectivity index (χ4v) is 2.29. The van der Waals surface area contributed by atoms with E-state index in [1.54, 1.807) is 0 Å². The van der Waals surface area contributed by atoms with Crippen molar-refractivity contribution in [1.82, 2.24) is 5.32 Å². The third kappa shape index (κ3) is 2.71. The second-order valence-corrected chi connectivity index (χ2v) is 5.73. The number of nitrogens with one attached hydrogen (secondary N) is 1. The topological polar surface area (TPSA) is 38.0 Å². The van der Waals surface area contributed by atoms with E-state index in [-0.39, 0.29) is 5.54 Å².